The maximum absolute atomic E-state index is 11.6. The molecule has 17 heavy (non-hydrogen) atoms. The van der Waals surface area contributed by atoms with Crippen molar-refractivity contribution in [3.63, 3.8) is 0 Å². The molecule has 0 radical (unpaired) electrons. The molecule has 5 heteroatoms. The van der Waals surface area contributed by atoms with Crippen LogP contribution >= 0.6 is 0 Å². The van der Waals surface area contributed by atoms with Crippen LogP contribution in [0.3, 0.4) is 0 Å². The third-order valence-corrected chi connectivity index (χ3v) is 4.59. The molecule has 0 aliphatic carbocycles. The van der Waals surface area contributed by atoms with Crippen LogP contribution in [-0.4, -0.2) is 39.2 Å². The fourth-order valence-electron chi connectivity index (χ4n) is 1.55. The van der Waals surface area contributed by atoms with Crippen molar-refractivity contribution in [2.24, 2.45) is 0 Å². The number of nitrogens with zero attached hydrogens (tertiary/aromatic N) is 1. The average molecular weight is 257 g/mol. The van der Waals surface area contributed by atoms with E-state index in [0.717, 1.165) is 11.3 Å². The molecule has 0 saturated carbocycles. The number of hydrogen-bond acceptors (Lipinski definition) is 3. The number of hydrogen-bond donors (Lipinski definition) is 0. The molecule has 0 atom stereocenters. The Morgan fingerprint density at radius 1 is 1.29 bits per heavy atom. The van der Waals surface area contributed by atoms with Gasteiger partial charge in [-0.1, -0.05) is 18.2 Å². The van der Waals surface area contributed by atoms with Gasteiger partial charge in [-0.25, -0.2) is 12.7 Å². The molecule has 0 saturated heterocycles. The molecule has 0 N–H and O–H groups in total. The second-order valence-electron chi connectivity index (χ2n) is 3.78. The summed E-state index contributed by atoms with van der Waals surface area (Å²) in [7, 11) is 0.126. The van der Waals surface area contributed by atoms with Gasteiger partial charge in [0.15, 0.2) is 0 Å². The van der Waals surface area contributed by atoms with Gasteiger partial charge < -0.3 is 4.74 Å². The van der Waals surface area contributed by atoms with E-state index in [-0.39, 0.29) is 5.75 Å². The highest BCUT2D eigenvalue weighted by Gasteiger charge is 2.15. The maximum atomic E-state index is 11.6. The number of ether oxygens (including phenoxy) is 1. The van der Waals surface area contributed by atoms with E-state index in [1.54, 1.807) is 21.1 Å². The smallest absolute Gasteiger partial charge is 0.213 e. The van der Waals surface area contributed by atoms with Crippen LogP contribution in [-0.2, 0) is 16.4 Å². The summed E-state index contributed by atoms with van der Waals surface area (Å²) >= 11 is 0. The minimum atomic E-state index is -3.10. The Labute approximate surface area is 103 Å². The summed E-state index contributed by atoms with van der Waals surface area (Å²) in [6, 6.07) is 7.65. The lowest BCUT2D eigenvalue weighted by molar-refractivity contribution is 0.406. The Kier molecular flexibility index (Phi) is 4.96. The van der Waals surface area contributed by atoms with E-state index >= 15 is 0 Å². The Morgan fingerprint density at radius 2 is 1.94 bits per heavy atom. The SMILES string of the molecule is CCS(=O)(=O)N(C)CCc1ccccc1OC. The highest BCUT2D eigenvalue weighted by molar-refractivity contribution is 7.89. The molecular weight excluding hydrogens is 238 g/mol. The Balaban J connectivity index is 2.68. The fourth-order valence-corrected chi connectivity index (χ4v) is 2.36. The molecule has 0 aromatic heterocycles. The number of sulfonamides is 1. The van der Waals surface area contributed by atoms with Crippen molar-refractivity contribution >= 4 is 10.0 Å². The summed E-state index contributed by atoms with van der Waals surface area (Å²) in [5.74, 6) is 0.935. The topological polar surface area (TPSA) is 46.6 Å². The van der Waals surface area contributed by atoms with Crippen LogP contribution in [0.1, 0.15) is 12.5 Å². The van der Waals surface area contributed by atoms with Crippen LogP contribution in [0.5, 0.6) is 5.75 Å². The average Bonchev–Trinajstić information content (AvgIpc) is 2.36. The first kappa shape index (κ1) is 14.0. The van der Waals surface area contributed by atoms with Crippen molar-refractivity contribution in [3.05, 3.63) is 29.8 Å². The van der Waals surface area contributed by atoms with Crippen LogP contribution < -0.4 is 4.74 Å². The Hall–Kier alpha value is -1.07. The molecule has 0 unspecified atom stereocenters. The predicted molar refractivity (Wildman–Crippen MR) is 68.8 cm³/mol. The summed E-state index contributed by atoms with van der Waals surface area (Å²) in [5.41, 5.74) is 1.02. The molecule has 0 aliphatic rings. The fraction of sp³-hybridized carbons (Fsp3) is 0.500. The molecule has 1 aromatic carbocycles. The van der Waals surface area contributed by atoms with Gasteiger partial charge in [-0.2, -0.15) is 0 Å². The van der Waals surface area contributed by atoms with Crippen molar-refractivity contribution in [1.29, 1.82) is 0 Å². The van der Waals surface area contributed by atoms with Crippen LogP contribution in [0.2, 0.25) is 0 Å². The van der Waals surface area contributed by atoms with Crippen LogP contribution in [0.15, 0.2) is 24.3 Å². The van der Waals surface area contributed by atoms with Gasteiger partial charge in [0.25, 0.3) is 0 Å². The quantitative estimate of drug-likeness (QED) is 0.776. The Morgan fingerprint density at radius 3 is 2.53 bits per heavy atom. The third-order valence-electron chi connectivity index (χ3n) is 2.73. The standard InChI is InChI=1S/C12H19NO3S/c1-4-17(14,15)13(2)10-9-11-7-5-6-8-12(11)16-3/h5-8H,4,9-10H2,1-3H3. The first-order valence-electron chi connectivity index (χ1n) is 5.57. The molecule has 0 bridgehead atoms. The minimum Gasteiger partial charge on any atom is -0.496 e. The summed E-state index contributed by atoms with van der Waals surface area (Å²) < 4.78 is 29.7. The summed E-state index contributed by atoms with van der Waals surface area (Å²) in [4.78, 5) is 0. The molecule has 96 valence electrons. The van der Waals surface area contributed by atoms with Gasteiger partial charge in [-0.15, -0.1) is 0 Å². The molecule has 1 rings (SSSR count). The second kappa shape index (κ2) is 6.02. The van der Waals surface area contributed by atoms with Crippen LogP contribution in [0, 0.1) is 0 Å². The van der Waals surface area contributed by atoms with E-state index in [4.69, 9.17) is 4.74 Å². The number of likely N-dealkylation sites (N-methyl/N-ethyl adjacent to an activating group) is 1. The van der Waals surface area contributed by atoms with E-state index in [1.807, 2.05) is 24.3 Å². The van der Waals surface area contributed by atoms with Crippen molar-refractivity contribution in [2.45, 2.75) is 13.3 Å². The molecule has 4 nitrogen and oxygen atoms in total. The number of para-hydroxylation sites is 1. The summed E-state index contributed by atoms with van der Waals surface area (Å²) in [5, 5.41) is 0. The second-order valence-corrected chi connectivity index (χ2v) is 6.15. The van der Waals surface area contributed by atoms with Gasteiger partial charge in [-0.05, 0) is 25.0 Å². The first-order valence-corrected chi connectivity index (χ1v) is 7.18. The highest BCUT2D eigenvalue weighted by atomic mass is 32.2. The molecule has 0 fully saturated rings. The van der Waals surface area contributed by atoms with Gasteiger partial charge in [0.05, 0.1) is 12.9 Å². The highest BCUT2D eigenvalue weighted by Crippen LogP contribution is 2.18. The molecular formula is C12H19NO3S. The van der Waals surface area contributed by atoms with E-state index in [1.165, 1.54) is 4.31 Å². The van der Waals surface area contributed by atoms with Gasteiger partial charge >= 0.3 is 0 Å². The first-order chi connectivity index (χ1) is 8.01. The monoisotopic (exact) mass is 257 g/mol. The lowest BCUT2D eigenvalue weighted by Crippen LogP contribution is -2.30. The third kappa shape index (κ3) is 3.71. The van der Waals surface area contributed by atoms with Gasteiger partial charge in [0.1, 0.15) is 5.75 Å². The van der Waals surface area contributed by atoms with Gasteiger partial charge in [0.2, 0.25) is 10.0 Å². The summed E-state index contributed by atoms with van der Waals surface area (Å²) in [6.07, 6.45) is 0.653. The minimum absolute atomic E-state index is 0.134. The van der Waals surface area contributed by atoms with E-state index in [2.05, 4.69) is 0 Å². The predicted octanol–water partition coefficient (Wildman–Crippen LogP) is 1.52. The summed E-state index contributed by atoms with van der Waals surface area (Å²) in [6.45, 7) is 2.12. The lowest BCUT2D eigenvalue weighted by atomic mass is 10.1. The number of rotatable bonds is 6. The van der Waals surface area contributed by atoms with Crippen molar-refractivity contribution in [1.82, 2.24) is 4.31 Å². The normalized spacial score (nSPS) is 11.8. The largest absolute Gasteiger partial charge is 0.496 e. The molecule has 0 heterocycles. The molecule has 0 spiro atoms. The maximum Gasteiger partial charge on any atom is 0.213 e. The zero-order chi connectivity index (χ0) is 12.9. The number of methoxy groups -OCH3 is 1. The van der Waals surface area contributed by atoms with E-state index in [9.17, 15) is 8.42 Å². The molecule has 0 amide bonds. The van der Waals surface area contributed by atoms with Crippen LogP contribution in [0.25, 0.3) is 0 Å². The zero-order valence-corrected chi connectivity index (χ0v) is 11.3. The van der Waals surface area contributed by atoms with Crippen molar-refractivity contribution < 1.29 is 13.2 Å². The number of benzene rings is 1. The van der Waals surface area contributed by atoms with Crippen molar-refractivity contribution in [2.75, 3.05) is 26.5 Å². The Bertz CT molecular complexity index is 457. The van der Waals surface area contributed by atoms with E-state index < -0.39 is 10.0 Å². The van der Waals surface area contributed by atoms with Gasteiger partial charge in [-0.3, -0.25) is 0 Å². The van der Waals surface area contributed by atoms with Crippen molar-refractivity contribution in [3.8, 4) is 5.75 Å². The lowest BCUT2D eigenvalue weighted by Gasteiger charge is -2.16. The zero-order valence-electron chi connectivity index (χ0n) is 10.5. The van der Waals surface area contributed by atoms with Crippen LogP contribution in [0.4, 0.5) is 0 Å². The van der Waals surface area contributed by atoms with E-state index in [0.29, 0.717) is 13.0 Å². The molecule has 0 aliphatic heterocycles. The molecule has 1 aromatic rings. The van der Waals surface area contributed by atoms with Gasteiger partial charge in [0, 0.05) is 13.6 Å².